The number of aromatic nitrogens is 2. The minimum absolute atomic E-state index is 0.0863. The van der Waals surface area contributed by atoms with Crippen molar-refractivity contribution in [3.05, 3.63) is 82.2 Å². The van der Waals surface area contributed by atoms with Crippen LogP contribution in [-0.4, -0.2) is 25.3 Å². The van der Waals surface area contributed by atoms with Crippen LogP contribution in [0.4, 0.5) is 4.39 Å². The zero-order valence-electron chi connectivity index (χ0n) is 19.2. The van der Waals surface area contributed by atoms with Crippen molar-refractivity contribution in [2.24, 2.45) is 5.92 Å². The van der Waals surface area contributed by atoms with E-state index in [9.17, 15) is 13.2 Å². The van der Waals surface area contributed by atoms with Crippen molar-refractivity contribution < 1.29 is 22.1 Å². The summed E-state index contributed by atoms with van der Waals surface area (Å²) in [6, 6.07) is 11.9. The Morgan fingerprint density at radius 1 is 1.11 bits per heavy atom. The Labute approximate surface area is 202 Å². The molecule has 4 aromatic rings. The SMILES string of the molecule is COc1cc(CC2CCCC2)c(F)cc1-n1c(=O)ccc2cc(S(=O)(=O)Cc3ccon3)ccc21. The molecule has 7 nitrogen and oxygen atoms in total. The average molecular weight is 497 g/mol. The summed E-state index contributed by atoms with van der Waals surface area (Å²) >= 11 is 0. The van der Waals surface area contributed by atoms with Gasteiger partial charge in [0.25, 0.3) is 5.56 Å². The first-order valence-electron chi connectivity index (χ1n) is 11.5. The van der Waals surface area contributed by atoms with E-state index < -0.39 is 9.84 Å². The number of sulfone groups is 1. The fraction of sp³-hybridized carbons (Fsp3) is 0.308. The lowest BCUT2D eigenvalue weighted by Gasteiger charge is -2.17. The number of halogens is 1. The van der Waals surface area contributed by atoms with E-state index in [-0.39, 0.29) is 27.7 Å². The average Bonchev–Trinajstić information content (AvgIpc) is 3.54. The Balaban J connectivity index is 1.58. The molecule has 1 saturated carbocycles. The maximum Gasteiger partial charge on any atom is 0.255 e. The summed E-state index contributed by atoms with van der Waals surface area (Å²) in [5.74, 6) is 0.147. The minimum atomic E-state index is -3.69. The van der Waals surface area contributed by atoms with Crippen LogP contribution in [0.25, 0.3) is 16.6 Å². The molecule has 182 valence electrons. The molecule has 9 heteroatoms. The fourth-order valence-electron chi connectivity index (χ4n) is 4.86. The van der Waals surface area contributed by atoms with Gasteiger partial charge >= 0.3 is 0 Å². The number of ether oxygens (including phenoxy) is 1. The molecule has 0 aliphatic heterocycles. The first-order chi connectivity index (χ1) is 16.9. The van der Waals surface area contributed by atoms with E-state index in [2.05, 4.69) is 5.16 Å². The first kappa shape index (κ1) is 23.3. The van der Waals surface area contributed by atoms with Crippen LogP contribution in [0.15, 0.2) is 69.0 Å². The number of pyridine rings is 1. The molecule has 1 aliphatic rings. The fourth-order valence-corrected chi connectivity index (χ4v) is 6.15. The van der Waals surface area contributed by atoms with Crippen molar-refractivity contribution in [3.63, 3.8) is 0 Å². The highest BCUT2D eigenvalue weighted by atomic mass is 32.2. The van der Waals surface area contributed by atoms with Crippen molar-refractivity contribution >= 4 is 20.7 Å². The standard InChI is InChI=1S/C26H25FN2O5S/c1-33-25-14-19(12-17-4-2-3-5-17)22(27)15-24(25)29-23-8-7-21(13-18(23)6-9-26(29)30)35(31,32)16-20-10-11-34-28-20/h6-11,13-15,17H,2-5,12,16H2,1H3. The monoisotopic (exact) mass is 496 g/mol. The van der Waals surface area contributed by atoms with Crippen molar-refractivity contribution in [2.45, 2.75) is 42.8 Å². The molecule has 2 heterocycles. The quantitative estimate of drug-likeness (QED) is 0.364. The molecule has 0 radical (unpaired) electrons. The normalized spacial score (nSPS) is 14.6. The molecule has 0 amide bonds. The number of methoxy groups -OCH3 is 1. The molecule has 1 fully saturated rings. The molecule has 0 spiro atoms. The van der Waals surface area contributed by atoms with Crippen molar-refractivity contribution in [1.82, 2.24) is 9.72 Å². The second-order valence-corrected chi connectivity index (χ2v) is 10.9. The van der Waals surface area contributed by atoms with Gasteiger partial charge in [0.1, 0.15) is 23.6 Å². The van der Waals surface area contributed by atoms with E-state index in [1.54, 1.807) is 18.2 Å². The Morgan fingerprint density at radius 3 is 2.63 bits per heavy atom. The summed E-state index contributed by atoms with van der Waals surface area (Å²) in [7, 11) is -2.21. The summed E-state index contributed by atoms with van der Waals surface area (Å²) in [6.45, 7) is 0. The highest BCUT2D eigenvalue weighted by Gasteiger charge is 2.22. The summed E-state index contributed by atoms with van der Waals surface area (Å²) in [5, 5.41) is 4.19. The molecule has 0 bridgehead atoms. The number of benzene rings is 2. The van der Waals surface area contributed by atoms with Gasteiger partial charge in [-0.05, 0) is 48.2 Å². The number of hydrogen-bond donors (Lipinski definition) is 0. The van der Waals surface area contributed by atoms with E-state index in [4.69, 9.17) is 9.26 Å². The van der Waals surface area contributed by atoms with Crippen LogP contribution < -0.4 is 10.3 Å². The van der Waals surface area contributed by atoms with Crippen LogP contribution in [0, 0.1) is 11.7 Å². The number of nitrogens with zero attached hydrogens (tertiary/aromatic N) is 2. The maximum absolute atomic E-state index is 15.2. The third kappa shape index (κ3) is 4.60. The summed E-state index contributed by atoms with van der Waals surface area (Å²) in [4.78, 5) is 13.0. The molecular formula is C26H25FN2O5S. The molecule has 0 N–H and O–H groups in total. The number of fused-ring (bicyclic) bond motifs is 1. The van der Waals surface area contributed by atoms with E-state index in [1.165, 1.54) is 61.1 Å². The molecule has 0 atom stereocenters. The third-order valence-corrected chi connectivity index (χ3v) is 8.27. The lowest BCUT2D eigenvalue weighted by Crippen LogP contribution is -2.19. The van der Waals surface area contributed by atoms with Crippen LogP contribution in [-0.2, 0) is 22.0 Å². The Kier molecular flexibility index (Phi) is 6.19. The molecule has 5 rings (SSSR count). The van der Waals surface area contributed by atoms with Crippen LogP contribution in [0.5, 0.6) is 5.75 Å². The zero-order valence-corrected chi connectivity index (χ0v) is 20.1. The minimum Gasteiger partial charge on any atom is -0.495 e. The van der Waals surface area contributed by atoms with Crippen LogP contribution in [0.3, 0.4) is 0 Å². The smallest absolute Gasteiger partial charge is 0.255 e. The van der Waals surface area contributed by atoms with Gasteiger partial charge in [-0.25, -0.2) is 12.8 Å². The predicted molar refractivity (Wildman–Crippen MR) is 129 cm³/mol. The number of rotatable bonds is 7. The lowest BCUT2D eigenvalue weighted by atomic mass is 9.97. The van der Waals surface area contributed by atoms with Crippen LogP contribution in [0.1, 0.15) is 36.9 Å². The van der Waals surface area contributed by atoms with Gasteiger partial charge in [-0.1, -0.05) is 30.8 Å². The van der Waals surface area contributed by atoms with E-state index in [0.717, 1.165) is 12.8 Å². The van der Waals surface area contributed by atoms with Gasteiger partial charge in [0.15, 0.2) is 9.84 Å². The largest absolute Gasteiger partial charge is 0.495 e. The molecular weight excluding hydrogens is 471 g/mol. The molecule has 0 unspecified atom stereocenters. The maximum atomic E-state index is 15.2. The van der Waals surface area contributed by atoms with Crippen LogP contribution in [0.2, 0.25) is 0 Å². The third-order valence-electron chi connectivity index (χ3n) is 6.63. The second-order valence-electron chi connectivity index (χ2n) is 8.95. The molecule has 2 aromatic carbocycles. The Morgan fingerprint density at radius 2 is 1.91 bits per heavy atom. The predicted octanol–water partition coefficient (Wildman–Crippen LogP) is 4.83. The zero-order chi connectivity index (χ0) is 24.6. The van der Waals surface area contributed by atoms with Gasteiger partial charge in [-0.15, -0.1) is 0 Å². The van der Waals surface area contributed by atoms with E-state index in [0.29, 0.717) is 40.2 Å². The lowest BCUT2D eigenvalue weighted by molar-refractivity contribution is 0.409. The summed E-state index contributed by atoms with van der Waals surface area (Å²) < 4.78 is 52.6. The van der Waals surface area contributed by atoms with Gasteiger partial charge < -0.3 is 9.26 Å². The number of hydrogen-bond acceptors (Lipinski definition) is 6. The van der Waals surface area contributed by atoms with Crippen LogP contribution >= 0.6 is 0 Å². The van der Waals surface area contributed by atoms with Crippen molar-refractivity contribution in [2.75, 3.05) is 7.11 Å². The van der Waals surface area contributed by atoms with E-state index in [1.807, 2.05) is 0 Å². The molecule has 2 aromatic heterocycles. The van der Waals surface area contributed by atoms with Gasteiger partial charge in [-0.2, -0.15) is 0 Å². The molecule has 35 heavy (non-hydrogen) atoms. The van der Waals surface area contributed by atoms with Gasteiger partial charge in [0.2, 0.25) is 0 Å². The Hall–Kier alpha value is -3.46. The molecule has 0 saturated heterocycles. The van der Waals surface area contributed by atoms with Crippen molar-refractivity contribution in [1.29, 1.82) is 0 Å². The van der Waals surface area contributed by atoms with Crippen molar-refractivity contribution in [3.8, 4) is 11.4 Å². The molecule has 1 aliphatic carbocycles. The topological polar surface area (TPSA) is 91.4 Å². The highest BCUT2D eigenvalue weighted by Crippen LogP contribution is 2.33. The van der Waals surface area contributed by atoms with Gasteiger partial charge in [0, 0.05) is 23.6 Å². The second kappa shape index (κ2) is 9.30. The van der Waals surface area contributed by atoms with Gasteiger partial charge in [0.05, 0.1) is 28.9 Å². The van der Waals surface area contributed by atoms with Gasteiger partial charge in [-0.3, -0.25) is 9.36 Å². The summed E-state index contributed by atoms with van der Waals surface area (Å²) in [6.07, 6.45) is 6.48. The van der Waals surface area contributed by atoms with E-state index >= 15 is 4.39 Å². The Bertz CT molecular complexity index is 1540. The summed E-state index contributed by atoms with van der Waals surface area (Å²) in [5.41, 5.74) is 1.21. The first-order valence-corrected chi connectivity index (χ1v) is 13.2. The highest BCUT2D eigenvalue weighted by molar-refractivity contribution is 7.90.